The van der Waals surface area contributed by atoms with Crippen LogP contribution in [0.3, 0.4) is 0 Å². The largest absolute Gasteiger partial charge is 0.381 e. The van der Waals surface area contributed by atoms with E-state index in [-0.39, 0.29) is 10.8 Å². The topological polar surface area (TPSA) is 63.0 Å². The highest BCUT2D eigenvalue weighted by Gasteiger charge is 2.53. The summed E-state index contributed by atoms with van der Waals surface area (Å²) in [6, 6.07) is 0. The van der Waals surface area contributed by atoms with E-state index < -0.39 is 0 Å². The van der Waals surface area contributed by atoms with Crippen LogP contribution in [0.5, 0.6) is 0 Å². The number of carbonyl (C=O) groups is 1. The number of Topliss-reactive ketones (excluding diaryl/α,β-unsaturated/α-hetero) is 1. The monoisotopic (exact) mass is 313 g/mol. The van der Waals surface area contributed by atoms with Gasteiger partial charge in [-0.25, -0.2) is 0 Å². The van der Waals surface area contributed by atoms with Gasteiger partial charge in [0.05, 0.1) is 6.54 Å². The number of ketones is 1. The Morgan fingerprint density at radius 2 is 1.83 bits per heavy atom. The summed E-state index contributed by atoms with van der Waals surface area (Å²) in [6.45, 7) is 2.09. The summed E-state index contributed by atoms with van der Waals surface area (Å²) in [7, 11) is 0. The van der Waals surface area contributed by atoms with Crippen LogP contribution in [0, 0.1) is 10.8 Å². The van der Waals surface area contributed by atoms with Crippen molar-refractivity contribution < 1.29 is 9.53 Å². The molecule has 0 atom stereocenters. The molecule has 0 bridgehead atoms. The van der Waals surface area contributed by atoms with E-state index in [2.05, 4.69) is 15.5 Å². The average Bonchev–Trinajstić information content (AvgIpc) is 3.18. The molecule has 1 N–H and O–H groups in total. The van der Waals surface area contributed by atoms with Crippen molar-refractivity contribution in [3.8, 4) is 0 Å². The Labute approximate surface area is 136 Å². The van der Waals surface area contributed by atoms with E-state index in [0.29, 0.717) is 12.3 Å². The van der Waals surface area contributed by atoms with Gasteiger partial charge in [0.25, 0.3) is 0 Å². The summed E-state index contributed by atoms with van der Waals surface area (Å²) in [5, 5.41) is 12.1. The summed E-state index contributed by atoms with van der Waals surface area (Å²) in [5.74, 6) is 1.30. The lowest BCUT2D eigenvalue weighted by molar-refractivity contribution is -0.120. The number of hydrogen-bond acceptors (Lipinski definition) is 5. The molecule has 2 spiro atoms. The molecule has 2 aliphatic carbocycles. The first-order valence-corrected chi connectivity index (χ1v) is 8.95. The molecule has 5 heteroatoms. The van der Waals surface area contributed by atoms with E-state index in [9.17, 15) is 4.79 Å². The Hall–Kier alpha value is -1.49. The maximum Gasteiger partial charge on any atom is 0.162 e. The predicted molar refractivity (Wildman–Crippen MR) is 84.5 cm³/mol. The molecular weight excluding hydrogens is 290 g/mol. The molecule has 1 saturated heterocycles. The van der Waals surface area contributed by atoms with Crippen LogP contribution in [0.2, 0.25) is 0 Å². The molecule has 0 aromatic carbocycles. The summed E-state index contributed by atoms with van der Waals surface area (Å²) in [5.41, 5.74) is 3.50. The lowest BCUT2D eigenvalue weighted by Crippen LogP contribution is -2.46. The molecule has 3 aliphatic heterocycles. The number of ether oxygens (including phenoxy) is 1. The molecule has 0 aromatic heterocycles. The van der Waals surface area contributed by atoms with Crippen LogP contribution in [-0.2, 0) is 9.53 Å². The smallest absolute Gasteiger partial charge is 0.162 e. The Balaban J connectivity index is 1.62. The first-order valence-electron chi connectivity index (χ1n) is 8.95. The summed E-state index contributed by atoms with van der Waals surface area (Å²) in [4.78, 5) is 13.2. The van der Waals surface area contributed by atoms with Crippen molar-refractivity contribution in [1.29, 1.82) is 0 Å². The molecule has 122 valence electrons. The zero-order valence-corrected chi connectivity index (χ0v) is 13.5. The van der Waals surface area contributed by atoms with Crippen molar-refractivity contribution in [2.75, 3.05) is 19.8 Å². The molecule has 0 radical (unpaired) electrons. The van der Waals surface area contributed by atoms with Gasteiger partial charge in [-0.1, -0.05) is 12.8 Å². The van der Waals surface area contributed by atoms with E-state index >= 15 is 0 Å². The van der Waals surface area contributed by atoms with Gasteiger partial charge >= 0.3 is 0 Å². The molecule has 23 heavy (non-hydrogen) atoms. The fourth-order valence-electron chi connectivity index (χ4n) is 5.62. The van der Waals surface area contributed by atoms with Crippen molar-refractivity contribution in [2.45, 2.75) is 51.4 Å². The van der Waals surface area contributed by atoms with Gasteiger partial charge in [-0.3, -0.25) is 4.79 Å². The van der Waals surface area contributed by atoms with E-state index in [0.717, 1.165) is 56.0 Å². The molecule has 1 saturated carbocycles. The normalized spacial score (nSPS) is 30.9. The van der Waals surface area contributed by atoms with Crippen LogP contribution < -0.4 is 5.32 Å². The lowest BCUT2D eigenvalue weighted by Gasteiger charge is -2.47. The van der Waals surface area contributed by atoms with E-state index in [4.69, 9.17) is 4.74 Å². The molecular formula is C18H23N3O2. The molecule has 5 aliphatic rings. The van der Waals surface area contributed by atoms with Crippen LogP contribution in [0.1, 0.15) is 51.4 Å². The van der Waals surface area contributed by atoms with Gasteiger partial charge in [0, 0.05) is 41.9 Å². The minimum absolute atomic E-state index is 0.158. The van der Waals surface area contributed by atoms with Gasteiger partial charge in [0.15, 0.2) is 11.6 Å². The number of nitrogens with zero attached hydrogens (tertiary/aromatic N) is 2. The van der Waals surface area contributed by atoms with Gasteiger partial charge in [-0.2, -0.15) is 5.11 Å². The van der Waals surface area contributed by atoms with Crippen molar-refractivity contribution in [2.24, 2.45) is 21.1 Å². The molecule has 5 nitrogen and oxygen atoms in total. The number of hydrogen-bond donors (Lipinski definition) is 1. The zero-order valence-electron chi connectivity index (χ0n) is 13.5. The maximum absolute atomic E-state index is 13.2. The number of fused-ring (bicyclic) bond motifs is 2. The van der Waals surface area contributed by atoms with E-state index in [1.54, 1.807) is 0 Å². The van der Waals surface area contributed by atoms with Crippen molar-refractivity contribution in [3.05, 3.63) is 22.7 Å². The molecule has 0 amide bonds. The fourth-order valence-corrected chi connectivity index (χ4v) is 5.62. The van der Waals surface area contributed by atoms with Gasteiger partial charge in [0.2, 0.25) is 0 Å². The van der Waals surface area contributed by atoms with Gasteiger partial charge in [0.1, 0.15) is 0 Å². The Morgan fingerprint density at radius 1 is 1.04 bits per heavy atom. The third-order valence-corrected chi connectivity index (χ3v) is 6.69. The van der Waals surface area contributed by atoms with Crippen LogP contribution in [-0.4, -0.2) is 25.5 Å². The fraction of sp³-hybridized carbons (Fsp3) is 0.722. The number of rotatable bonds is 0. The SMILES string of the molecule is O=C1CC2(CCCC2)CC2=C1C1(CCOCC1)C1=C(N=NC1)N2. The minimum Gasteiger partial charge on any atom is -0.381 e. The van der Waals surface area contributed by atoms with Gasteiger partial charge in [-0.15, -0.1) is 5.11 Å². The summed E-state index contributed by atoms with van der Waals surface area (Å²) < 4.78 is 5.62. The second kappa shape index (κ2) is 4.76. The lowest BCUT2D eigenvalue weighted by atomic mass is 9.59. The minimum atomic E-state index is -0.158. The highest BCUT2D eigenvalue weighted by Crippen LogP contribution is 2.57. The molecule has 2 fully saturated rings. The first kappa shape index (κ1) is 13.9. The number of carbonyl (C=O) groups excluding carboxylic acids is 1. The maximum atomic E-state index is 13.2. The molecule has 5 rings (SSSR count). The zero-order chi connectivity index (χ0) is 15.5. The third kappa shape index (κ3) is 1.86. The number of azo groups is 1. The first-order chi connectivity index (χ1) is 11.2. The quantitative estimate of drug-likeness (QED) is 0.746. The summed E-state index contributed by atoms with van der Waals surface area (Å²) >= 11 is 0. The number of nitrogens with one attached hydrogen (secondary N) is 1. The highest BCUT2D eigenvalue weighted by atomic mass is 16.5. The Kier molecular flexibility index (Phi) is 2.88. The molecule has 0 unspecified atom stereocenters. The van der Waals surface area contributed by atoms with Crippen molar-refractivity contribution >= 4 is 5.78 Å². The van der Waals surface area contributed by atoms with Crippen LogP contribution >= 0.6 is 0 Å². The highest BCUT2D eigenvalue weighted by molar-refractivity contribution is 6.00. The van der Waals surface area contributed by atoms with Crippen LogP contribution in [0.4, 0.5) is 0 Å². The van der Waals surface area contributed by atoms with E-state index in [1.807, 2.05) is 0 Å². The van der Waals surface area contributed by atoms with Crippen molar-refractivity contribution in [3.63, 3.8) is 0 Å². The van der Waals surface area contributed by atoms with Crippen molar-refractivity contribution in [1.82, 2.24) is 5.32 Å². The predicted octanol–water partition coefficient (Wildman–Crippen LogP) is 3.24. The summed E-state index contributed by atoms with van der Waals surface area (Å²) in [6.07, 6.45) is 8.48. The standard InChI is InChI=1S/C18H23N3O2/c22-14-10-17(3-1-2-4-17)9-13-15(14)18(5-7-23-8-6-18)12-11-19-21-16(12)20-13/h20H,1-11H2. The van der Waals surface area contributed by atoms with Gasteiger partial charge < -0.3 is 10.1 Å². The third-order valence-electron chi connectivity index (χ3n) is 6.69. The molecule has 0 aromatic rings. The molecule has 3 heterocycles. The Bertz CT molecular complexity index is 662. The van der Waals surface area contributed by atoms with Gasteiger partial charge in [-0.05, 0) is 37.5 Å². The number of allylic oxidation sites excluding steroid dienone is 2. The second-order valence-corrected chi connectivity index (χ2v) is 7.88. The second-order valence-electron chi connectivity index (χ2n) is 7.88. The van der Waals surface area contributed by atoms with Crippen LogP contribution in [0.15, 0.2) is 32.9 Å². The number of dihydropyridines is 1. The van der Waals surface area contributed by atoms with E-state index in [1.165, 1.54) is 31.3 Å². The van der Waals surface area contributed by atoms with Crippen LogP contribution in [0.25, 0.3) is 0 Å². The average molecular weight is 313 g/mol. The Morgan fingerprint density at radius 3 is 2.61 bits per heavy atom.